The summed E-state index contributed by atoms with van der Waals surface area (Å²) in [7, 11) is 0. The number of anilines is 1. The second-order valence-electron chi connectivity index (χ2n) is 7.91. The molecule has 0 saturated carbocycles. The van der Waals surface area contributed by atoms with Crippen LogP contribution in [0, 0.1) is 5.92 Å². The van der Waals surface area contributed by atoms with Gasteiger partial charge in [0.05, 0.1) is 0 Å². The van der Waals surface area contributed by atoms with Gasteiger partial charge in [0.1, 0.15) is 0 Å². The number of benzene rings is 2. The fourth-order valence-electron chi connectivity index (χ4n) is 4.31. The van der Waals surface area contributed by atoms with E-state index in [4.69, 9.17) is 0 Å². The predicted molar refractivity (Wildman–Crippen MR) is 119 cm³/mol. The fourth-order valence-corrected chi connectivity index (χ4v) is 4.31. The maximum absolute atomic E-state index is 13.1. The van der Waals surface area contributed by atoms with Gasteiger partial charge in [-0.15, -0.1) is 0 Å². The van der Waals surface area contributed by atoms with Crippen LogP contribution in [0.4, 0.5) is 5.95 Å². The topological polar surface area (TPSA) is 58.1 Å². The van der Waals surface area contributed by atoms with E-state index in [1.807, 2.05) is 18.2 Å². The molecule has 0 aliphatic carbocycles. The molecule has 0 bridgehead atoms. The van der Waals surface area contributed by atoms with Gasteiger partial charge in [0.2, 0.25) is 11.9 Å². The summed E-state index contributed by atoms with van der Waals surface area (Å²) in [6.45, 7) is 3.71. The first kappa shape index (κ1) is 20.1. The number of hydrogen-bond donors (Lipinski definition) is 1. The Hall–Kier alpha value is -3.21. The van der Waals surface area contributed by atoms with Crippen molar-refractivity contribution in [2.24, 2.45) is 5.92 Å². The lowest BCUT2D eigenvalue weighted by Crippen LogP contribution is -2.45. The zero-order chi connectivity index (χ0) is 20.8. The molecule has 1 aromatic heterocycles. The van der Waals surface area contributed by atoms with Gasteiger partial charge in [0.25, 0.3) is 0 Å². The number of rotatable bonds is 6. The molecule has 1 aliphatic rings. The van der Waals surface area contributed by atoms with Crippen LogP contribution in [0.25, 0.3) is 0 Å². The van der Waals surface area contributed by atoms with Crippen LogP contribution >= 0.6 is 0 Å². The van der Waals surface area contributed by atoms with Crippen LogP contribution in [0.2, 0.25) is 0 Å². The minimum Gasteiger partial charge on any atom is -0.352 e. The Morgan fingerprint density at radius 2 is 1.43 bits per heavy atom. The van der Waals surface area contributed by atoms with Gasteiger partial charge < -0.3 is 10.2 Å². The smallest absolute Gasteiger partial charge is 0.225 e. The second-order valence-corrected chi connectivity index (χ2v) is 7.91. The Kier molecular flexibility index (Phi) is 6.38. The van der Waals surface area contributed by atoms with Crippen LogP contribution < -0.4 is 10.2 Å². The van der Waals surface area contributed by atoms with E-state index in [2.05, 4.69) is 75.6 Å². The lowest BCUT2D eigenvalue weighted by atomic mass is 9.85. The summed E-state index contributed by atoms with van der Waals surface area (Å²) in [6.07, 6.45) is 5.16. The summed E-state index contributed by atoms with van der Waals surface area (Å²) < 4.78 is 0. The maximum Gasteiger partial charge on any atom is 0.225 e. The summed E-state index contributed by atoms with van der Waals surface area (Å²) in [4.78, 5) is 23.9. The third kappa shape index (κ3) is 4.67. The highest BCUT2D eigenvalue weighted by Gasteiger charge is 2.29. The lowest BCUT2D eigenvalue weighted by Gasteiger charge is -2.33. The van der Waals surface area contributed by atoms with Crippen LogP contribution in [-0.2, 0) is 4.79 Å². The van der Waals surface area contributed by atoms with E-state index in [0.29, 0.717) is 0 Å². The summed E-state index contributed by atoms with van der Waals surface area (Å²) in [5, 5.41) is 3.31. The molecule has 1 atom stereocenters. The van der Waals surface area contributed by atoms with Crippen molar-refractivity contribution >= 4 is 11.9 Å². The molecule has 1 saturated heterocycles. The van der Waals surface area contributed by atoms with Crippen molar-refractivity contribution in [1.29, 1.82) is 0 Å². The van der Waals surface area contributed by atoms with Gasteiger partial charge in [-0.3, -0.25) is 4.79 Å². The van der Waals surface area contributed by atoms with Crippen molar-refractivity contribution in [3.05, 3.63) is 90.3 Å². The Morgan fingerprint density at radius 3 is 1.97 bits per heavy atom. The fraction of sp³-hybridized carbons (Fsp3) is 0.320. The first-order valence-corrected chi connectivity index (χ1v) is 10.6. The quantitative estimate of drug-likeness (QED) is 0.679. The number of amides is 1. The molecule has 1 amide bonds. The standard InChI is InChI=1S/C25H28N4O/c1-19(23(20-9-4-2-5-10-20)21-11-6-3-7-12-21)28-24(30)22-13-17-29(18-14-22)25-26-15-8-16-27-25/h2-12,15-16,19,22-23H,13-14,17-18H2,1H3,(H,28,30)/t19-/m1/s1. The van der Waals surface area contributed by atoms with Crippen LogP contribution in [0.1, 0.15) is 36.8 Å². The summed E-state index contributed by atoms with van der Waals surface area (Å²) in [6, 6.07) is 22.6. The van der Waals surface area contributed by atoms with Crippen LogP contribution in [0.5, 0.6) is 0 Å². The molecule has 3 aromatic rings. The van der Waals surface area contributed by atoms with Crippen molar-refractivity contribution in [2.75, 3.05) is 18.0 Å². The molecule has 1 fully saturated rings. The SMILES string of the molecule is C[C@@H](NC(=O)C1CCN(c2ncccn2)CC1)C(c1ccccc1)c1ccccc1. The van der Waals surface area contributed by atoms with Crippen molar-refractivity contribution in [3.63, 3.8) is 0 Å². The number of piperidine rings is 1. The predicted octanol–water partition coefficient (Wildman–Crippen LogP) is 4.03. The lowest BCUT2D eigenvalue weighted by molar-refractivity contribution is -0.126. The van der Waals surface area contributed by atoms with Crippen molar-refractivity contribution in [2.45, 2.75) is 31.7 Å². The van der Waals surface area contributed by atoms with Crippen LogP contribution in [-0.4, -0.2) is 35.0 Å². The highest BCUT2D eigenvalue weighted by atomic mass is 16.1. The van der Waals surface area contributed by atoms with E-state index < -0.39 is 0 Å². The van der Waals surface area contributed by atoms with E-state index >= 15 is 0 Å². The molecule has 1 aliphatic heterocycles. The summed E-state index contributed by atoms with van der Waals surface area (Å²) >= 11 is 0. The van der Waals surface area contributed by atoms with E-state index in [1.165, 1.54) is 11.1 Å². The van der Waals surface area contributed by atoms with E-state index in [9.17, 15) is 4.79 Å². The number of nitrogens with one attached hydrogen (secondary N) is 1. The highest BCUT2D eigenvalue weighted by Crippen LogP contribution is 2.29. The second kappa shape index (κ2) is 9.53. The molecule has 1 N–H and O–H groups in total. The zero-order valence-electron chi connectivity index (χ0n) is 17.3. The largest absolute Gasteiger partial charge is 0.352 e. The molecule has 2 heterocycles. The van der Waals surface area contributed by atoms with Crippen molar-refractivity contribution < 1.29 is 4.79 Å². The number of nitrogens with zero attached hydrogens (tertiary/aromatic N) is 3. The number of carbonyl (C=O) groups is 1. The molecule has 4 rings (SSSR count). The minimum absolute atomic E-state index is 0.00205. The summed E-state index contributed by atoms with van der Waals surface area (Å²) in [5.74, 6) is 1.04. The van der Waals surface area contributed by atoms with Crippen LogP contribution in [0.3, 0.4) is 0 Å². The molecular weight excluding hydrogens is 372 g/mol. The van der Waals surface area contributed by atoms with Gasteiger partial charge >= 0.3 is 0 Å². The molecule has 2 aromatic carbocycles. The molecular formula is C25H28N4O. The molecule has 0 radical (unpaired) electrons. The van der Waals surface area contributed by atoms with Gasteiger partial charge in [-0.2, -0.15) is 0 Å². The number of aromatic nitrogens is 2. The molecule has 30 heavy (non-hydrogen) atoms. The van der Waals surface area contributed by atoms with E-state index in [1.54, 1.807) is 12.4 Å². The maximum atomic E-state index is 13.1. The van der Waals surface area contributed by atoms with E-state index in [-0.39, 0.29) is 23.8 Å². The zero-order valence-corrected chi connectivity index (χ0v) is 17.3. The Morgan fingerprint density at radius 1 is 0.900 bits per heavy atom. The van der Waals surface area contributed by atoms with E-state index in [0.717, 1.165) is 31.9 Å². The first-order chi connectivity index (χ1) is 14.7. The normalized spacial score (nSPS) is 15.7. The molecule has 0 spiro atoms. The van der Waals surface area contributed by atoms with Gasteiger partial charge in [0, 0.05) is 43.4 Å². The molecule has 5 heteroatoms. The van der Waals surface area contributed by atoms with Gasteiger partial charge in [0.15, 0.2) is 0 Å². The number of carbonyl (C=O) groups excluding carboxylic acids is 1. The number of hydrogen-bond acceptors (Lipinski definition) is 4. The van der Waals surface area contributed by atoms with Gasteiger partial charge in [-0.25, -0.2) is 9.97 Å². The van der Waals surface area contributed by atoms with Crippen molar-refractivity contribution in [3.8, 4) is 0 Å². The summed E-state index contributed by atoms with van der Waals surface area (Å²) in [5.41, 5.74) is 2.43. The third-order valence-corrected chi connectivity index (χ3v) is 5.89. The third-order valence-electron chi connectivity index (χ3n) is 5.89. The van der Waals surface area contributed by atoms with Crippen LogP contribution in [0.15, 0.2) is 79.1 Å². The monoisotopic (exact) mass is 400 g/mol. The van der Waals surface area contributed by atoms with Crippen molar-refractivity contribution in [1.82, 2.24) is 15.3 Å². The average molecular weight is 401 g/mol. The Labute approximate surface area is 178 Å². The Balaban J connectivity index is 1.42. The Bertz CT molecular complexity index is 886. The first-order valence-electron chi connectivity index (χ1n) is 10.6. The average Bonchev–Trinajstić information content (AvgIpc) is 2.81. The molecule has 5 nitrogen and oxygen atoms in total. The highest BCUT2D eigenvalue weighted by molar-refractivity contribution is 5.79. The molecule has 154 valence electrons. The minimum atomic E-state index is -0.00205. The van der Waals surface area contributed by atoms with Gasteiger partial charge in [-0.1, -0.05) is 60.7 Å². The van der Waals surface area contributed by atoms with Gasteiger partial charge in [-0.05, 0) is 37.0 Å². The molecule has 0 unspecified atom stereocenters.